The number of non-ortho nitro benzene ring substituents is 1. The number of nitrogens with zero attached hydrogens (tertiary/aromatic N) is 4. The van der Waals surface area contributed by atoms with Crippen molar-refractivity contribution in [3.05, 3.63) is 142 Å². The number of ether oxygens (including phenoxy) is 3. The molecule has 0 bridgehead atoms. The highest BCUT2D eigenvalue weighted by Crippen LogP contribution is 2.35. The summed E-state index contributed by atoms with van der Waals surface area (Å²) in [6, 6.07) is 15.8. The van der Waals surface area contributed by atoms with E-state index in [1.165, 1.54) is 4.57 Å². The lowest BCUT2D eigenvalue weighted by Crippen LogP contribution is -2.39. The molecule has 0 fully saturated rings. The Balaban J connectivity index is 1.56. The smallest absolute Gasteiger partial charge is 0.338 e. The predicted octanol–water partition coefficient (Wildman–Crippen LogP) is 4.97. The summed E-state index contributed by atoms with van der Waals surface area (Å²) in [6.45, 7) is 7.49. The molecule has 0 N–H and O–H groups in total. The molecule has 13 nitrogen and oxygen atoms in total. The van der Waals surface area contributed by atoms with Gasteiger partial charge in [-0.15, -0.1) is 0 Å². The average molecular weight is 643 g/mol. The van der Waals surface area contributed by atoms with Crippen LogP contribution in [0.4, 0.5) is 11.4 Å². The topological polar surface area (TPSA) is 165 Å². The summed E-state index contributed by atoms with van der Waals surface area (Å²) in [5.74, 6) is 0.0290. The Bertz CT molecular complexity index is 2080. The van der Waals surface area contributed by atoms with Crippen LogP contribution in [0.3, 0.4) is 0 Å². The van der Waals surface area contributed by atoms with Crippen LogP contribution >= 0.6 is 11.3 Å². The molecule has 0 saturated heterocycles. The van der Waals surface area contributed by atoms with Crippen molar-refractivity contribution in [3.8, 4) is 17.2 Å². The Labute approximate surface area is 264 Å². The van der Waals surface area contributed by atoms with Crippen LogP contribution in [0.1, 0.15) is 31.0 Å². The van der Waals surface area contributed by atoms with E-state index in [0.717, 1.165) is 29.5 Å². The SMILES string of the molecule is C=CCOc1ccc([C@@H]2C(C(=O)OCC)=C(C)N=c3s/c(=C/c4cccc(Oc5ccc([N+](=O)[O-])cc5[N+](=O)[O-])c4)c(=O)n32)cc1. The number of thiazole rings is 1. The van der Waals surface area contributed by atoms with E-state index in [-0.39, 0.29) is 23.7 Å². The number of aromatic nitrogens is 1. The molecule has 1 aliphatic heterocycles. The van der Waals surface area contributed by atoms with Gasteiger partial charge in [-0.2, -0.15) is 0 Å². The first-order valence-corrected chi connectivity index (χ1v) is 14.7. The minimum atomic E-state index is -0.816. The van der Waals surface area contributed by atoms with Crippen LogP contribution in [0.15, 0.2) is 100 Å². The third-order valence-corrected chi connectivity index (χ3v) is 7.80. The zero-order chi connectivity index (χ0) is 33.0. The standard InChI is InChI=1S/C32H26N4O9S/c1-4-15-44-23-12-9-21(10-13-23)29-28(31(38)43-5-2)19(3)33-32-34(29)30(37)27(46-32)17-20-7-6-8-24(16-20)45-26-14-11-22(35(39)40)18-25(26)36(41)42/h4,6-14,16-18,29H,1,5,15H2,2-3H3/b27-17+/t29-/m1/s1. The summed E-state index contributed by atoms with van der Waals surface area (Å²) < 4.78 is 18.4. The average Bonchev–Trinajstić information content (AvgIpc) is 3.33. The third-order valence-electron chi connectivity index (χ3n) is 6.81. The third kappa shape index (κ3) is 6.46. The van der Waals surface area contributed by atoms with Crippen LogP contribution in [-0.4, -0.2) is 33.6 Å². The second-order valence-corrected chi connectivity index (χ2v) is 10.8. The van der Waals surface area contributed by atoms with Crippen LogP contribution < -0.4 is 24.4 Å². The van der Waals surface area contributed by atoms with Gasteiger partial charge in [0.1, 0.15) is 18.1 Å². The Morgan fingerprint density at radius 1 is 1.07 bits per heavy atom. The number of nitro groups is 2. The maximum Gasteiger partial charge on any atom is 0.338 e. The second kappa shape index (κ2) is 13.4. The highest BCUT2D eigenvalue weighted by atomic mass is 32.1. The van der Waals surface area contributed by atoms with E-state index in [9.17, 15) is 29.8 Å². The van der Waals surface area contributed by atoms with Gasteiger partial charge < -0.3 is 14.2 Å². The van der Waals surface area contributed by atoms with Gasteiger partial charge in [0, 0.05) is 6.07 Å². The summed E-state index contributed by atoms with van der Waals surface area (Å²) in [5.41, 5.74) is 0.432. The van der Waals surface area contributed by atoms with Crippen LogP contribution in [-0.2, 0) is 9.53 Å². The molecule has 46 heavy (non-hydrogen) atoms. The summed E-state index contributed by atoms with van der Waals surface area (Å²) in [7, 11) is 0. The van der Waals surface area contributed by atoms with Crippen LogP contribution in [0.5, 0.6) is 17.2 Å². The minimum absolute atomic E-state index is 0.141. The molecule has 3 aromatic carbocycles. The number of esters is 1. The summed E-state index contributed by atoms with van der Waals surface area (Å²) in [6.07, 6.45) is 3.24. The molecule has 5 rings (SSSR count). The Hall–Kier alpha value is -5.89. The van der Waals surface area contributed by atoms with Crippen molar-refractivity contribution in [1.82, 2.24) is 4.57 Å². The second-order valence-electron chi connectivity index (χ2n) is 9.81. The minimum Gasteiger partial charge on any atom is -0.490 e. The van der Waals surface area contributed by atoms with Crippen molar-refractivity contribution < 1.29 is 28.9 Å². The van der Waals surface area contributed by atoms with E-state index in [1.54, 1.807) is 74.5 Å². The van der Waals surface area contributed by atoms with Gasteiger partial charge in [-0.25, -0.2) is 9.79 Å². The van der Waals surface area contributed by atoms with Crippen LogP contribution in [0.25, 0.3) is 6.08 Å². The fourth-order valence-electron chi connectivity index (χ4n) is 4.80. The molecule has 234 valence electrons. The number of hydrogen-bond acceptors (Lipinski definition) is 11. The van der Waals surface area contributed by atoms with Gasteiger partial charge in [-0.3, -0.25) is 29.6 Å². The molecular weight excluding hydrogens is 616 g/mol. The van der Waals surface area contributed by atoms with Gasteiger partial charge in [0.2, 0.25) is 5.75 Å². The number of nitro benzene ring substituents is 2. The molecule has 0 radical (unpaired) electrons. The number of carbonyl (C=O) groups is 1. The molecule has 0 spiro atoms. The van der Waals surface area contributed by atoms with Gasteiger partial charge in [-0.1, -0.05) is 48.3 Å². The molecule has 0 aliphatic carbocycles. The van der Waals surface area contributed by atoms with E-state index in [2.05, 4.69) is 11.6 Å². The van der Waals surface area contributed by atoms with Crippen LogP contribution in [0.2, 0.25) is 0 Å². The van der Waals surface area contributed by atoms with E-state index in [0.29, 0.717) is 38.5 Å². The quantitative estimate of drug-likeness (QED) is 0.0950. The van der Waals surface area contributed by atoms with E-state index < -0.39 is 38.8 Å². The lowest BCUT2D eigenvalue weighted by Gasteiger charge is -2.24. The molecule has 1 aliphatic rings. The Morgan fingerprint density at radius 2 is 1.83 bits per heavy atom. The number of carbonyl (C=O) groups excluding carboxylic acids is 1. The zero-order valence-corrected chi connectivity index (χ0v) is 25.4. The first-order chi connectivity index (χ1) is 22.1. The van der Waals surface area contributed by atoms with Crippen molar-refractivity contribution >= 4 is 34.8 Å². The number of fused-ring (bicyclic) bond motifs is 1. The number of benzene rings is 3. The number of hydrogen-bond donors (Lipinski definition) is 0. The van der Waals surface area contributed by atoms with Crippen molar-refractivity contribution in [2.24, 2.45) is 4.99 Å². The van der Waals surface area contributed by atoms with Crippen molar-refractivity contribution in [3.63, 3.8) is 0 Å². The van der Waals surface area contributed by atoms with Crippen LogP contribution in [0, 0.1) is 20.2 Å². The predicted molar refractivity (Wildman–Crippen MR) is 169 cm³/mol. The van der Waals surface area contributed by atoms with Crippen molar-refractivity contribution in [2.75, 3.05) is 13.2 Å². The number of rotatable bonds is 11. The zero-order valence-electron chi connectivity index (χ0n) is 24.6. The highest BCUT2D eigenvalue weighted by molar-refractivity contribution is 7.07. The molecule has 0 amide bonds. The molecule has 0 unspecified atom stereocenters. The van der Waals surface area contributed by atoms with E-state index in [4.69, 9.17) is 14.2 Å². The van der Waals surface area contributed by atoms with Gasteiger partial charge in [0.25, 0.3) is 11.2 Å². The normalized spacial score (nSPS) is 14.2. The Morgan fingerprint density at radius 3 is 2.50 bits per heavy atom. The van der Waals surface area contributed by atoms with Gasteiger partial charge in [0.05, 0.1) is 44.4 Å². The first-order valence-electron chi connectivity index (χ1n) is 13.8. The maximum absolute atomic E-state index is 13.9. The van der Waals surface area contributed by atoms with Crippen molar-refractivity contribution in [2.45, 2.75) is 19.9 Å². The largest absolute Gasteiger partial charge is 0.490 e. The maximum atomic E-state index is 13.9. The van der Waals surface area contributed by atoms with Gasteiger partial charge in [-0.05, 0) is 61.4 Å². The fraction of sp³-hybridized carbons (Fsp3) is 0.156. The lowest BCUT2D eigenvalue weighted by molar-refractivity contribution is -0.394. The molecule has 1 atom stereocenters. The lowest BCUT2D eigenvalue weighted by atomic mass is 9.96. The summed E-state index contributed by atoms with van der Waals surface area (Å²) in [4.78, 5) is 53.2. The molecular formula is C32H26N4O9S. The molecule has 4 aromatic rings. The molecule has 2 heterocycles. The Kier molecular flexibility index (Phi) is 9.18. The molecule has 1 aromatic heterocycles. The van der Waals surface area contributed by atoms with E-state index >= 15 is 0 Å². The van der Waals surface area contributed by atoms with Gasteiger partial charge >= 0.3 is 11.7 Å². The van der Waals surface area contributed by atoms with E-state index in [1.807, 2.05) is 0 Å². The molecule has 0 saturated carbocycles. The van der Waals surface area contributed by atoms with Gasteiger partial charge in [0.15, 0.2) is 4.80 Å². The first kappa shape index (κ1) is 31.5. The summed E-state index contributed by atoms with van der Waals surface area (Å²) >= 11 is 1.13. The molecule has 14 heteroatoms. The van der Waals surface area contributed by atoms with Crippen molar-refractivity contribution in [1.29, 1.82) is 0 Å². The monoisotopic (exact) mass is 642 g/mol. The fourth-order valence-corrected chi connectivity index (χ4v) is 5.85. The summed E-state index contributed by atoms with van der Waals surface area (Å²) in [5, 5.41) is 22.6. The number of allylic oxidation sites excluding steroid dienone is 1. The highest BCUT2D eigenvalue weighted by Gasteiger charge is 2.33.